The molecule has 1 unspecified atom stereocenters. The van der Waals surface area contributed by atoms with Crippen LogP contribution in [-0.4, -0.2) is 47.9 Å². The summed E-state index contributed by atoms with van der Waals surface area (Å²) in [5.41, 5.74) is 0. The van der Waals surface area contributed by atoms with Crippen LogP contribution in [0.4, 0.5) is 0 Å². The number of rotatable bonds is 2. The van der Waals surface area contributed by atoms with Gasteiger partial charge in [0.1, 0.15) is 6.04 Å². The third kappa shape index (κ3) is 3.48. The minimum Gasteiger partial charge on any atom is -0.344 e. The average Bonchev–Trinajstić information content (AvgIpc) is 2.74. The van der Waals surface area contributed by atoms with Crippen molar-refractivity contribution in [3.63, 3.8) is 0 Å². The predicted octanol–water partition coefficient (Wildman–Crippen LogP) is 2.16. The average molecular weight is 263 g/mol. The second-order valence-corrected chi connectivity index (χ2v) is 5.87. The van der Waals surface area contributed by atoms with Crippen LogP contribution in [0, 0.1) is 11.3 Å². The summed E-state index contributed by atoms with van der Waals surface area (Å²) in [6, 6.07) is 2.51. The molecule has 4 nitrogen and oxygen atoms in total. The molecule has 0 aromatic heterocycles. The maximum absolute atomic E-state index is 12.4. The first-order valence-electron chi connectivity index (χ1n) is 7.61. The highest BCUT2D eigenvalue weighted by molar-refractivity contribution is 5.82. The molecular formula is C15H25N3O. The molecule has 2 aliphatic rings. The zero-order chi connectivity index (χ0) is 13.7. The lowest BCUT2D eigenvalue weighted by atomic mass is 10.0. The van der Waals surface area contributed by atoms with Gasteiger partial charge in [0.05, 0.1) is 12.5 Å². The van der Waals surface area contributed by atoms with Gasteiger partial charge in [0.2, 0.25) is 5.91 Å². The summed E-state index contributed by atoms with van der Waals surface area (Å²) in [6.07, 6.45) is 8.93. The van der Waals surface area contributed by atoms with Crippen molar-refractivity contribution >= 4 is 5.91 Å². The Morgan fingerprint density at radius 3 is 2.47 bits per heavy atom. The van der Waals surface area contributed by atoms with Gasteiger partial charge in [-0.3, -0.25) is 9.69 Å². The van der Waals surface area contributed by atoms with E-state index in [1.165, 1.54) is 38.5 Å². The van der Waals surface area contributed by atoms with Crippen LogP contribution in [0.2, 0.25) is 0 Å². The molecule has 106 valence electrons. The van der Waals surface area contributed by atoms with Crippen molar-refractivity contribution in [1.29, 1.82) is 5.26 Å². The van der Waals surface area contributed by atoms with Crippen LogP contribution in [-0.2, 0) is 4.79 Å². The fourth-order valence-electron chi connectivity index (χ4n) is 3.47. The first-order chi connectivity index (χ1) is 9.24. The lowest BCUT2D eigenvalue weighted by Gasteiger charge is -2.35. The Bertz CT molecular complexity index is 342. The quantitative estimate of drug-likeness (QED) is 0.717. The molecule has 1 aliphatic carbocycles. The van der Waals surface area contributed by atoms with E-state index < -0.39 is 0 Å². The van der Waals surface area contributed by atoms with Crippen LogP contribution < -0.4 is 0 Å². The number of likely N-dealkylation sites (N-methyl/N-ethyl adjacent to an activating group) is 1. The van der Waals surface area contributed by atoms with E-state index in [1.807, 2.05) is 7.05 Å². The summed E-state index contributed by atoms with van der Waals surface area (Å²) in [7, 11) is 1.86. The monoisotopic (exact) mass is 263 g/mol. The molecule has 19 heavy (non-hydrogen) atoms. The Kier molecular flexibility index (Phi) is 5.21. The molecule has 2 rings (SSSR count). The van der Waals surface area contributed by atoms with Crippen molar-refractivity contribution in [2.45, 2.75) is 63.5 Å². The van der Waals surface area contributed by atoms with Crippen LogP contribution in [0.1, 0.15) is 51.4 Å². The van der Waals surface area contributed by atoms with E-state index >= 15 is 0 Å². The smallest absolute Gasteiger partial charge is 0.240 e. The fraction of sp³-hybridized carbons (Fsp3) is 0.867. The lowest BCUT2D eigenvalue weighted by molar-refractivity contribution is -0.134. The SMILES string of the molecule is CN1CCCN(C2CCCCCC2)C(CC#N)C1=O. The molecule has 0 aromatic carbocycles. The summed E-state index contributed by atoms with van der Waals surface area (Å²) in [6.45, 7) is 1.79. The number of nitrogens with zero attached hydrogens (tertiary/aromatic N) is 3. The highest BCUT2D eigenvalue weighted by atomic mass is 16.2. The molecule has 1 amide bonds. The lowest BCUT2D eigenvalue weighted by Crippen LogP contribution is -2.49. The molecular weight excluding hydrogens is 238 g/mol. The van der Waals surface area contributed by atoms with Crippen LogP contribution >= 0.6 is 0 Å². The molecule has 0 radical (unpaired) electrons. The molecule has 1 saturated carbocycles. The normalized spacial score (nSPS) is 27.7. The van der Waals surface area contributed by atoms with Gasteiger partial charge < -0.3 is 4.90 Å². The first kappa shape index (κ1) is 14.3. The van der Waals surface area contributed by atoms with E-state index in [0.717, 1.165) is 19.5 Å². The van der Waals surface area contributed by atoms with Crippen LogP contribution in [0.5, 0.6) is 0 Å². The molecule has 0 aromatic rings. The zero-order valence-corrected chi connectivity index (χ0v) is 12.0. The number of hydrogen-bond acceptors (Lipinski definition) is 3. The largest absolute Gasteiger partial charge is 0.344 e. The standard InChI is InChI=1S/C15H25N3O/c1-17-11-6-12-18(14(9-10-16)15(17)19)13-7-4-2-3-5-8-13/h13-14H,2-9,11-12H2,1H3. The Morgan fingerprint density at radius 2 is 1.84 bits per heavy atom. The Morgan fingerprint density at radius 1 is 1.16 bits per heavy atom. The molecule has 1 heterocycles. The van der Waals surface area contributed by atoms with Gasteiger partial charge in [-0.1, -0.05) is 25.7 Å². The van der Waals surface area contributed by atoms with E-state index in [1.54, 1.807) is 4.90 Å². The number of carbonyl (C=O) groups excluding carboxylic acids is 1. The van der Waals surface area contributed by atoms with Crippen molar-refractivity contribution in [2.24, 2.45) is 0 Å². The van der Waals surface area contributed by atoms with Crippen molar-refractivity contribution in [2.75, 3.05) is 20.1 Å². The van der Waals surface area contributed by atoms with Crippen molar-refractivity contribution < 1.29 is 4.79 Å². The van der Waals surface area contributed by atoms with Crippen LogP contribution in [0.3, 0.4) is 0 Å². The highest BCUT2D eigenvalue weighted by Gasteiger charge is 2.34. The zero-order valence-electron chi connectivity index (χ0n) is 12.0. The maximum atomic E-state index is 12.4. The van der Waals surface area contributed by atoms with E-state index in [2.05, 4.69) is 11.0 Å². The second-order valence-electron chi connectivity index (χ2n) is 5.87. The summed E-state index contributed by atoms with van der Waals surface area (Å²) >= 11 is 0. The Labute approximate surface area is 116 Å². The summed E-state index contributed by atoms with van der Waals surface area (Å²) in [5, 5.41) is 9.04. The van der Waals surface area contributed by atoms with Crippen molar-refractivity contribution in [3.8, 4) is 6.07 Å². The highest BCUT2D eigenvalue weighted by Crippen LogP contribution is 2.26. The maximum Gasteiger partial charge on any atom is 0.240 e. The fourth-order valence-corrected chi connectivity index (χ4v) is 3.47. The van der Waals surface area contributed by atoms with E-state index in [0.29, 0.717) is 12.5 Å². The molecule has 0 bridgehead atoms. The van der Waals surface area contributed by atoms with Crippen molar-refractivity contribution in [1.82, 2.24) is 9.80 Å². The minimum atomic E-state index is -0.208. The number of nitriles is 1. The third-order valence-corrected chi connectivity index (χ3v) is 4.55. The van der Waals surface area contributed by atoms with Gasteiger partial charge in [0.15, 0.2) is 0 Å². The first-order valence-corrected chi connectivity index (χ1v) is 7.61. The van der Waals surface area contributed by atoms with Crippen LogP contribution in [0.25, 0.3) is 0 Å². The van der Waals surface area contributed by atoms with E-state index in [9.17, 15) is 4.79 Å². The third-order valence-electron chi connectivity index (χ3n) is 4.55. The number of amides is 1. The van der Waals surface area contributed by atoms with Crippen LogP contribution in [0.15, 0.2) is 0 Å². The van der Waals surface area contributed by atoms with Gasteiger partial charge in [-0.15, -0.1) is 0 Å². The molecule has 0 N–H and O–H groups in total. The predicted molar refractivity (Wildman–Crippen MR) is 74.5 cm³/mol. The number of hydrogen-bond donors (Lipinski definition) is 0. The Hall–Kier alpha value is -1.08. The van der Waals surface area contributed by atoms with Crippen molar-refractivity contribution in [3.05, 3.63) is 0 Å². The van der Waals surface area contributed by atoms with E-state index in [4.69, 9.17) is 5.26 Å². The summed E-state index contributed by atoms with van der Waals surface area (Å²) < 4.78 is 0. The minimum absolute atomic E-state index is 0.142. The molecule has 4 heteroatoms. The summed E-state index contributed by atoms with van der Waals surface area (Å²) in [5.74, 6) is 0.142. The Balaban J connectivity index is 2.13. The number of carbonyl (C=O) groups is 1. The molecule has 1 saturated heterocycles. The second kappa shape index (κ2) is 6.91. The van der Waals surface area contributed by atoms with Gasteiger partial charge >= 0.3 is 0 Å². The van der Waals surface area contributed by atoms with Gasteiger partial charge in [-0.25, -0.2) is 0 Å². The molecule has 1 aliphatic heterocycles. The van der Waals surface area contributed by atoms with Gasteiger partial charge in [-0.05, 0) is 19.3 Å². The van der Waals surface area contributed by atoms with E-state index in [-0.39, 0.29) is 11.9 Å². The molecule has 2 fully saturated rings. The van der Waals surface area contributed by atoms with Gasteiger partial charge in [0.25, 0.3) is 0 Å². The topological polar surface area (TPSA) is 47.3 Å². The van der Waals surface area contributed by atoms with Gasteiger partial charge in [-0.2, -0.15) is 5.26 Å². The molecule has 1 atom stereocenters. The summed E-state index contributed by atoms with van der Waals surface area (Å²) in [4.78, 5) is 16.6. The molecule has 0 spiro atoms. The van der Waals surface area contributed by atoms with Gasteiger partial charge in [0, 0.05) is 26.2 Å².